The van der Waals surface area contributed by atoms with Crippen LogP contribution in [0.4, 0.5) is 0 Å². The van der Waals surface area contributed by atoms with Crippen LogP contribution < -0.4 is 5.32 Å². The minimum atomic E-state index is 0.983. The monoisotopic (exact) mass is 218 g/mol. The maximum Gasteiger partial charge on any atom is 0.0359 e. The van der Waals surface area contributed by atoms with E-state index in [0.717, 1.165) is 13.1 Å². The van der Waals surface area contributed by atoms with Crippen molar-refractivity contribution >= 4 is 0 Å². The highest BCUT2D eigenvalue weighted by molar-refractivity contribution is 5.07. The summed E-state index contributed by atoms with van der Waals surface area (Å²) in [6.07, 6.45) is 11.2. The van der Waals surface area contributed by atoms with Crippen LogP contribution in [0.15, 0.2) is 30.0 Å². The zero-order chi connectivity index (χ0) is 11.2. The molecule has 0 radical (unpaired) electrons. The largest absolute Gasteiger partial charge is 0.353 e. The molecule has 0 atom stereocenters. The minimum absolute atomic E-state index is 0.983. The Morgan fingerprint density at radius 2 is 2.31 bits per heavy atom. The third kappa shape index (κ3) is 3.24. The smallest absolute Gasteiger partial charge is 0.0359 e. The van der Waals surface area contributed by atoms with Gasteiger partial charge in [-0.3, -0.25) is 0 Å². The molecule has 1 aromatic rings. The fourth-order valence-electron chi connectivity index (χ4n) is 2.28. The molecule has 2 heteroatoms. The molecule has 0 spiro atoms. The van der Waals surface area contributed by atoms with Crippen LogP contribution in [0.25, 0.3) is 0 Å². The van der Waals surface area contributed by atoms with E-state index in [4.69, 9.17) is 0 Å². The average Bonchev–Trinajstić information content (AvgIpc) is 2.72. The molecule has 1 aliphatic carbocycles. The molecule has 1 aromatic heterocycles. The van der Waals surface area contributed by atoms with Crippen molar-refractivity contribution in [1.29, 1.82) is 0 Å². The molecule has 0 bridgehead atoms. The van der Waals surface area contributed by atoms with Gasteiger partial charge in [-0.05, 0) is 50.8 Å². The lowest BCUT2D eigenvalue weighted by atomic mass is 9.97. The summed E-state index contributed by atoms with van der Waals surface area (Å²) in [4.78, 5) is 0. The van der Waals surface area contributed by atoms with Gasteiger partial charge >= 0.3 is 0 Å². The Morgan fingerprint density at radius 1 is 1.38 bits per heavy atom. The summed E-state index contributed by atoms with van der Waals surface area (Å²) >= 11 is 0. The molecular weight excluding hydrogens is 196 g/mol. The predicted molar refractivity (Wildman–Crippen MR) is 68.3 cm³/mol. The van der Waals surface area contributed by atoms with Crippen LogP contribution in [0.1, 0.15) is 37.8 Å². The normalized spacial score (nSPS) is 16.2. The number of nitrogens with zero attached hydrogens (tertiary/aromatic N) is 1. The van der Waals surface area contributed by atoms with E-state index in [1.54, 1.807) is 5.57 Å². The van der Waals surface area contributed by atoms with Crippen molar-refractivity contribution in [2.45, 2.75) is 38.6 Å². The maximum atomic E-state index is 3.51. The Kier molecular flexibility index (Phi) is 4.23. The minimum Gasteiger partial charge on any atom is -0.353 e. The first-order valence-electron chi connectivity index (χ1n) is 6.35. The summed E-state index contributed by atoms with van der Waals surface area (Å²) in [6.45, 7) is 2.09. The van der Waals surface area contributed by atoms with Gasteiger partial charge in [0.25, 0.3) is 0 Å². The van der Waals surface area contributed by atoms with Crippen LogP contribution >= 0.6 is 0 Å². The Labute approximate surface area is 98.4 Å². The number of nitrogens with one attached hydrogen (secondary N) is 1. The van der Waals surface area contributed by atoms with E-state index in [1.165, 1.54) is 37.8 Å². The molecule has 2 rings (SSSR count). The van der Waals surface area contributed by atoms with Crippen LogP contribution in [0.3, 0.4) is 0 Å². The number of aromatic nitrogens is 1. The van der Waals surface area contributed by atoms with Crippen molar-refractivity contribution in [3.05, 3.63) is 35.7 Å². The summed E-state index contributed by atoms with van der Waals surface area (Å²) in [7, 11) is 2.10. The Hall–Kier alpha value is -1.02. The van der Waals surface area contributed by atoms with Gasteiger partial charge < -0.3 is 9.88 Å². The number of hydrogen-bond acceptors (Lipinski definition) is 1. The predicted octanol–water partition coefficient (Wildman–Crippen LogP) is 3.01. The van der Waals surface area contributed by atoms with Crippen molar-refractivity contribution in [2.75, 3.05) is 6.54 Å². The summed E-state index contributed by atoms with van der Waals surface area (Å²) in [6, 6.07) is 4.27. The SMILES string of the molecule is Cn1cccc1CNCCC1=CCCCC1. The van der Waals surface area contributed by atoms with Crippen molar-refractivity contribution in [1.82, 2.24) is 9.88 Å². The van der Waals surface area contributed by atoms with Gasteiger partial charge in [-0.15, -0.1) is 0 Å². The van der Waals surface area contributed by atoms with Gasteiger partial charge in [0, 0.05) is 25.5 Å². The average molecular weight is 218 g/mol. The third-order valence-corrected chi connectivity index (χ3v) is 3.37. The second-order valence-electron chi connectivity index (χ2n) is 4.65. The molecule has 0 fully saturated rings. The molecule has 0 amide bonds. The lowest BCUT2D eigenvalue weighted by molar-refractivity contribution is 0.618. The second-order valence-corrected chi connectivity index (χ2v) is 4.65. The summed E-state index contributed by atoms with van der Waals surface area (Å²) in [5.41, 5.74) is 3.02. The first-order valence-corrected chi connectivity index (χ1v) is 6.35. The zero-order valence-corrected chi connectivity index (χ0v) is 10.2. The summed E-state index contributed by atoms with van der Waals surface area (Å²) in [5, 5.41) is 3.51. The fourth-order valence-corrected chi connectivity index (χ4v) is 2.28. The molecule has 0 unspecified atom stereocenters. The van der Waals surface area contributed by atoms with Gasteiger partial charge in [0.15, 0.2) is 0 Å². The van der Waals surface area contributed by atoms with E-state index >= 15 is 0 Å². The lowest BCUT2D eigenvalue weighted by Gasteiger charge is -2.13. The van der Waals surface area contributed by atoms with E-state index < -0.39 is 0 Å². The lowest BCUT2D eigenvalue weighted by Crippen LogP contribution is -2.17. The molecule has 2 nitrogen and oxygen atoms in total. The molecule has 0 aromatic carbocycles. The van der Waals surface area contributed by atoms with E-state index in [2.05, 4.69) is 41.3 Å². The molecule has 0 saturated carbocycles. The number of aryl methyl sites for hydroxylation is 1. The van der Waals surface area contributed by atoms with Crippen LogP contribution in [0.2, 0.25) is 0 Å². The second kappa shape index (κ2) is 5.90. The summed E-state index contributed by atoms with van der Waals surface area (Å²) < 4.78 is 2.17. The highest BCUT2D eigenvalue weighted by atomic mass is 15.0. The first kappa shape index (κ1) is 11.5. The number of rotatable bonds is 5. The standard InChI is InChI=1S/C14H22N2/c1-16-11-5-8-14(16)12-15-10-9-13-6-3-2-4-7-13/h5-6,8,11,15H,2-4,7,9-10,12H2,1H3. The van der Waals surface area contributed by atoms with Crippen LogP contribution in [-0.2, 0) is 13.6 Å². The molecule has 0 aliphatic heterocycles. The van der Waals surface area contributed by atoms with Crippen molar-refractivity contribution in [3.63, 3.8) is 0 Å². The van der Waals surface area contributed by atoms with Gasteiger partial charge in [-0.25, -0.2) is 0 Å². The molecular formula is C14H22N2. The van der Waals surface area contributed by atoms with E-state index in [0.29, 0.717) is 0 Å². The Bertz CT molecular complexity index is 349. The van der Waals surface area contributed by atoms with Gasteiger partial charge in [0.2, 0.25) is 0 Å². The summed E-state index contributed by atoms with van der Waals surface area (Å²) in [5.74, 6) is 0. The number of hydrogen-bond donors (Lipinski definition) is 1. The topological polar surface area (TPSA) is 17.0 Å². The molecule has 16 heavy (non-hydrogen) atoms. The van der Waals surface area contributed by atoms with Crippen molar-refractivity contribution in [3.8, 4) is 0 Å². The molecule has 1 N–H and O–H groups in total. The highest BCUT2D eigenvalue weighted by Gasteiger charge is 2.03. The highest BCUT2D eigenvalue weighted by Crippen LogP contribution is 2.19. The van der Waals surface area contributed by atoms with E-state index in [-0.39, 0.29) is 0 Å². The molecule has 1 aliphatic rings. The van der Waals surface area contributed by atoms with Crippen LogP contribution in [0.5, 0.6) is 0 Å². The Balaban J connectivity index is 1.65. The molecule has 1 heterocycles. The molecule has 88 valence electrons. The Morgan fingerprint density at radius 3 is 3.00 bits per heavy atom. The first-order chi connectivity index (χ1) is 7.86. The molecule has 0 saturated heterocycles. The van der Waals surface area contributed by atoms with Gasteiger partial charge in [-0.1, -0.05) is 11.6 Å². The van der Waals surface area contributed by atoms with Gasteiger partial charge in [0.1, 0.15) is 0 Å². The fraction of sp³-hybridized carbons (Fsp3) is 0.571. The quantitative estimate of drug-likeness (QED) is 0.594. The van der Waals surface area contributed by atoms with E-state index in [9.17, 15) is 0 Å². The maximum absolute atomic E-state index is 3.51. The third-order valence-electron chi connectivity index (χ3n) is 3.37. The number of allylic oxidation sites excluding steroid dienone is 1. The van der Waals surface area contributed by atoms with Crippen LogP contribution in [0, 0.1) is 0 Å². The van der Waals surface area contributed by atoms with Crippen LogP contribution in [-0.4, -0.2) is 11.1 Å². The van der Waals surface area contributed by atoms with Gasteiger partial charge in [-0.2, -0.15) is 0 Å². The van der Waals surface area contributed by atoms with E-state index in [1.807, 2.05) is 0 Å². The van der Waals surface area contributed by atoms with Crippen molar-refractivity contribution < 1.29 is 0 Å². The zero-order valence-electron chi connectivity index (χ0n) is 10.2. The van der Waals surface area contributed by atoms with Gasteiger partial charge in [0.05, 0.1) is 0 Å². The van der Waals surface area contributed by atoms with Crippen molar-refractivity contribution in [2.24, 2.45) is 7.05 Å².